The van der Waals surface area contributed by atoms with E-state index in [4.69, 9.17) is 20.8 Å². The molecule has 1 N–H and O–H groups in total. The molecule has 0 fully saturated rings. The van der Waals surface area contributed by atoms with Crippen LogP contribution in [0.4, 0.5) is 5.13 Å². The SMILES string of the molecule is COc1cccc2cc(C(=O)C3=C(O)C(=O)N(c4nnc(SCc5cccc6ccccc56)s4)C3c3ccc(Cl)cc3)oc12. The molecule has 11 heteroatoms. The Morgan fingerprint density at radius 1 is 1.02 bits per heavy atom. The lowest BCUT2D eigenvalue weighted by molar-refractivity contribution is -0.117. The number of furan rings is 1. The minimum Gasteiger partial charge on any atom is -0.503 e. The molecule has 3 heterocycles. The van der Waals surface area contributed by atoms with E-state index in [1.54, 1.807) is 48.5 Å². The van der Waals surface area contributed by atoms with Crippen molar-refractivity contribution < 1.29 is 23.8 Å². The zero-order chi connectivity index (χ0) is 30.4. The van der Waals surface area contributed by atoms with Gasteiger partial charge in [0.05, 0.1) is 18.7 Å². The summed E-state index contributed by atoms with van der Waals surface area (Å²) in [5.41, 5.74) is 1.97. The first-order valence-electron chi connectivity index (χ1n) is 13.5. The van der Waals surface area contributed by atoms with E-state index in [1.165, 1.54) is 35.1 Å². The van der Waals surface area contributed by atoms with Gasteiger partial charge in [-0.3, -0.25) is 14.5 Å². The Labute approximate surface area is 264 Å². The average molecular weight is 640 g/mol. The molecule has 0 saturated heterocycles. The minimum atomic E-state index is -0.994. The van der Waals surface area contributed by atoms with Crippen molar-refractivity contribution in [2.45, 2.75) is 16.1 Å². The van der Waals surface area contributed by atoms with Crippen LogP contribution in [0.5, 0.6) is 5.75 Å². The molecule has 1 aliphatic rings. The van der Waals surface area contributed by atoms with Crippen LogP contribution in [-0.4, -0.2) is 34.1 Å². The van der Waals surface area contributed by atoms with Gasteiger partial charge in [0.2, 0.25) is 10.9 Å². The van der Waals surface area contributed by atoms with Crippen LogP contribution in [-0.2, 0) is 10.5 Å². The minimum absolute atomic E-state index is 0.0386. The van der Waals surface area contributed by atoms with Gasteiger partial charge in [-0.15, -0.1) is 10.2 Å². The van der Waals surface area contributed by atoms with E-state index < -0.39 is 23.5 Å². The Kier molecular flexibility index (Phi) is 7.33. The van der Waals surface area contributed by atoms with Crippen LogP contribution in [0, 0.1) is 0 Å². The number of amides is 1. The number of ketones is 1. The van der Waals surface area contributed by atoms with Gasteiger partial charge in [0, 0.05) is 16.2 Å². The van der Waals surface area contributed by atoms with Crippen molar-refractivity contribution in [1.29, 1.82) is 0 Å². The molecule has 1 aliphatic heterocycles. The zero-order valence-corrected chi connectivity index (χ0v) is 25.4. The number of nitrogens with zero attached hydrogens (tertiary/aromatic N) is 3. The lowest BCUT2D eigenvalue weighted by atomic mass is 9.95. The molecule has 1 atom stereocenters. The number of fused-ring (bicyclic) bond motifs is 2. The second kappa shape index (κ2) is 11.5. The summed E-state index contributed by atoms with van der Waals surface area (Å²) in [4.78, 5) is 28.9. The van der Waals surface area contributed by atoms with E-state index in [1.807, 2.05) is 18.2 Å². The van der Waals surface area contributed by atoms with E-state index in [2.05, 4.69) is 34.5 Å². The highest BCUT2D eigenvalue weighted by atomic mass is 35.5. The Balaban J connectivity index is 1.23. The lowest BCUT2D eigenvalue weighted by Crippen LogP contribution is -2.31. The van der Waals surface area contributed by atoms with Gasteiger partial charge in [-0.25, -0.2) is 0 Å². The zero-order valence-electron chi connectivity index (χ0n) is 23.1. The van der Waals surface area contributed by atoms with Crippen LogP contribution in [0.25, 0.3) is 21.7 Å². The molecule has 0 spiro atoms. The summed E-state index contributed by atoms with van der Waals surface area (Å²) in [5, 5.41) is 23.5. The number of rotatable bonds is 8. The van der Waals surface area contributed by atoms with E-state index in [-0.39, 0.29) is 16.5 Å². The van der Waals surface area contributed by atoms with Gasteiger partial charge < -0.3 is 14.3 Å². The predicted molar refractivity (Wildman–Crippen MR) is 172 cm³/mol. The molecule has 0 saturated carbocycles. The van der Waals surface area contributed by atoms with Crippen LogP contribution >= 0.6 is 34.7 Å². The molecular weight excluding hydrogens is 618 g/mol. The van der Waals surface area contributed by atoms with Crippen molar-refractivity contribution in [3.05, 3.63) is 124 Å². The smallest absolute Gasteiger partial charge is 0.296 e. The van der Waals surface area contributed by atoms with Gasteiger partial charge >= 0.3 is 0 Å². The second-order valence-electron chi connectivity index (χ2n) is 9.99. The third-order valence-corrected chi connectivity index (χ3v) is 9.78. The standard InChI is InChI=1S/C33H22ClN3O5S2/c1-41-24-11-5-8-20-16-25(42-30(20)24)28(38)26-27(19-12-14-22(34)15-13-19)37(31(40)29(26)39)32-35-36-33(44-32)43-17-21-9-4-7-18-6-2-3-10-23(18)21/h2-16,27,39H,17H2,1H3. The van der Waals surface area contributed by atoms with Gasteiger partial charge in [0.1, 0.15) is 0 Å². The van der Waals surface area contributed by atoms with Gasteiger partial charge in [-0.2, -0.15) is 0 Å². The molecule has 1 amide bonds. The van der Waals surface area contributed by atoms with Crippen LogP contribution in [0.15, 0.2) is 111 Å². The summed E-state index contributed by atoms with van der Waals surface area (Å²) >= 11 is 8.87. The molecule has 218 valence electrons. The number of aliphatic hydroxyl groups excluding tert-OH is 1. The highest BCUT2D eigenvalue weighted by Gasteiger charge is 2.46. The number of aliphatic hydroxyl groups is 1. The number of anilines is 1. The van der Waals surface area contributed by atoms with E-state index in [9.17, 15) is 14.7 Å². The normalized spacial score (nSPS) is 15.1. The molecule has 2 aromatic heterocycles. The number of methoxy groups -OCH3 is 1. The maximum Gasteiger partial charge on any atom is 0.296 e. The van der Waals surface area contributed by atoms with Gasteiger partial charge in [0.15, 0.2) is 27.2 Å². The summed E-state index contributed by atoms with van der Waals surface area (Å²) in [6.45, 7) is 0. The Morgan fingerprint density at radius 2 is 1.77 bits per heavy atom. The number of hydrogen-bond acceptors (Lipinski definition) is 9. The fourth-order valence-electron chi connectivity index (χ4n) is 5.35. The van der Waals surface area contributed by atoms with E-state index >= 15 is 0 Å². The number of benzene rings is 4. The molecule has 0 aliphatic carbocycles. The number of halogens is 1. The van der Waals surface area contributed by atoms with Crippen molar-refractivity contribution in [2.24, 2.45) is 0 Å². The third kappa shape index (κ3) is 4.90. The Hall–Kier alpha value is -4.64. The molecule has 8 nitrogen and oxygen atoms in total. The summed E-state index contributed by atoms with van der Waals surface area (Å²) in [6.07, 6.45) is 0. The number of aromatic nitrogens is 2. The first-order chi connectivity index (χ1) is 21.4. The molecule has 44 heavy (non-hydrogen) atoms. The van der Waals surface area contributed by atoms with Crippen molar-refractivity contribution in [1.82, 2.24) is 10.2 Å². The number of para-hydroxylation sites is 1. The average Bonchev–Trinajstić information content (AvgIpc) is 3.76. The summed E-state index contributed by atoms with van der Waals surface area (Å²) in [6, 6.07) is 26.9. The quantitative estimate of drug-likeness (QED) is 0.101. The first kappa shape index (κ1) is 28.1. The van der Waals surface area contributed by atoms with Gasteiger partial charge in [-0.05, 0) is 46.2 Å². The maximum absolute atomic E-state index is 14.0. The topological polar surface area (TPSA) is 106 Å². The highest BCUT2D eigenvalue weighted by molar-refractivity contribution is 8.00. The predicted octanol–water partition coefficient (Wildman–Crippen LogP) is 8.17. The molecule has 0 bridgehead atoms. The van der Waals surface area contributed by atoms with E-state index in [0.29, 0.717) is 37.4 Å². The summed E-state index contributed by atoms with van der Waals surface area (Å²) in [7, 11) is 1.51. The van der Waals surface area contributed by atoms with Crippen molar-refractivity contribution in [2.75, 3.05) is 12.0 Å². The number of ether oxygens (including phenoxy) is 1. The molecule has 7 rings (SSSR count). The molecule has 4 aromatic carbocycles. The third-order valence-electron chi connectivity index (χ3n) is 7.42. The van der Waals surface area contributed by atoms with Gasteiger partial charge in [-0.1, -0.05) is 101 Å². The number of hydrogen-bond donors (Lipinski definition) is 1. The number of carbonyl (C=O) groups is 2. The monoisotopic (exact) mass is 639 g/mol. The highest BCUT2D eigenvalue weighted by Crippen LogP contribution is 2.45. The first-order valence-corrected chi connectivity index (χ1v) is 15.7. The number of thioether (sulfide) groups is 1. The Morgan fingerprint density at radius 3 is 2.59 bits per heavy atom. The van der Waals surface area contributed by atoms with Crippen LogP contribution in [0.3, 0.4) is 0 Å². The fraction of sp³-hybridized carbons (Fsp3) is 0.0909. The maximum atomic E-state index is 14.0. The van der Waals surface area contributed by atoms with Gasteiger partial charge in [0.25, 0.3) is 5.91 Å². The molecular formula is C33H22ClN3O5S2. The van der Waals surface area contributed by atoms with Crippen molar-refractivity contribution in [3.8, 4) is 5.75 Å². The van der Waals surface area contributed by atoms with Crippen LogP contribution < -0.4 is 9.64 Å². The molecule has 1 unspecified atom stereocenters. The molecule has 6 aromatic rings. The van der Waals surface area contributed by atoms with E-state index in [0.717, 1.165) is 16.3 Å². The summed E-state index contributed by atoms with van der Waals surface area (Å²) < 4.78 is 11.9. The summed E-state index contributed by atoms with van der Waals surface area (Å²) in [5.74, 6) is -1.01. The van der Waals surface area contributed by atoms with Crippen LogP contribution in [0.1, 0.15) is 27.7 Å². The Bertz CT molecular complexity index is 2100. The van der Waals surface area contributed by atoms with Crippen molar-refractivity contribution >= 4 is 73.3 Å². The molecule has 0 radical (unpaired) electrons. The fourth-order valence-corrected chi connectivity index (χ4v) is 7.35. The lowest BCUT2D eigenvalue weighted by Gasteiger charge is -2.23. The number of carbonyl (C=O) groups excluding carboxylic acids is 2. The largest absolute Gasteiger partial charge is 0.503 e. The van der Waals surface area contributed by atoms with Crippen molar-refractivity contribution in [3.63, 3.8) is 0 Å². The second-order valence-corrected chi connectivity index (χ2v) is 12.6. The number of Topliss-reactive ketones (excluding diaryl/α,β-unsaturated/α-hetero) is 1. The van der Waals surface area contributed by atoms with Crippen LogP contribution in [0.2, 0.25) is 5.02 Å².